The van der Waals surface area contributed by atoms with E-state index in [0.717, 1.165) is 43.3 Å². The normalized spacial score (nSPS) is 18.2. The Balaban J connectivity index is 1.64. The van der Waals surface area contributed by atoms with Gasteiger partial charge in [0.25, 0.3) is 5.56 Å². The molecule has 1 fully saturated rings. The van der Waals surface area contributed by atoms with E-state index in [1.807, 2.05) is 13.0 Å². The lowest BCUT2D eigenvalue weighted by molar-refractivity contribution is 0.147. The first-order chi connectivity index (χ1) is 13.3. The predicted molar refractivity (Wildman–Crippen MR) is 112 cm³/mol. The molecule has 28 heavy (non-hydrogen) atoms. The molecule has 1 aliphatic rings. The standard InChI is InChI=1S/C21H32N6O/c1-16-20(23-11-10-22-16)24-15-17-7-5-6-12-26(17)13-14-27-19(28)9-8-18(25-27)21(2,3)4/h8-11,17H,5-7,12-15H2,1-4H3,(H,23,24). The monoisotopic (exact) mass is 384 g/mol. The van der Waals surface area contributed by atoms with Gasteiger partial charge in [-0.25, -0.2) is 9.67 Å². The van der Waals surface area contributed by atoms with Crippen LogP contribution in [0.2, 0.25) is 0 Å². The molecule has 0 aromatic carbocycles. The summed E-state index contributed by atoms with van der Waals surface area (Å²) < 4.78 is 1.62. The van der Waals surface area contributed by atoms with E-state index in [4.69, 9.17) is 0 Å². The summed E-state index contributed by atoms with van der Waals surface area (Å²) in [6.45, 7) is 11.6. The van der Waals surface area contributed by atoms with Crippen molar-refractivity contribution in [1.82, 2.24) is 24.6 Å². The van der Waals surface area contributed by atoms with Gasteiger partial charge >= 0.3 is 0 Å². The van der Waals surface area contributed by atoms with Crippen LogP contribution < -0.4 is 10.9 Å². The smallest absolute Gasteiger partial charge is 0.266 e. The van der Waals surface area contributed by atoms with Gasteiger partial charge in [0, 0.05) is 43.0 Å². The molecule has 1 atom stereocenters. The number of rotatable bonds is 6. The van der Waals surface area contributed by atoms with Crippen LogP contribution in [0.25, 0.3) is 0 Å². The van der Waals surface area contributed by atoms with E-state index in [1.165, 1.54) is 12.8 Å². The van der Waals surface area contributed by atoms with Gasteiger partial charge < -0.3 is 5.32 Å². The Labute approximate surface area is 167 Å². The maximum Gasteiger partial charge on any atom is 0.266 e. The van der Waals surface area contributed by atoms with Gasteiger partial charge in [-0.05, 0) is 32.4 Å². The first kappa shape index (κ1) is 20.5. The molecule has 0 saturated carbocycles. The quantitative estimate of drug-likeness (QED) is 0.825. The fraction of sp³-hybridized carbons (Fsp3) is 0.619. The minimum Gasteiger partial charge on any atom is -0.367 e. The van der Waals surface area contributed by atoms with Crippen molar-refractivity contribution < 1.29 is 0 Å². The highest BCUT2D eigenvalue weighted by Crippen LogP contribution is 2.19. The van der Waals surface area contributed by atoms with Gasteiger partial charge in [-0.2, -0.15) is 5.10 Å². The number of nitrogens with one attached hydrogen (secondary N) is 1. The topological polar surface area (TPSA) is 75.9 Å². The Morgan fingerprint density at radius 1 is 1.14 bits per heavy atom. The molecule has 1 aliphatic heterocycles. The van der Waals surface area contributed by atoms with Gasteiger partial charge in [-0.1, -0.05) is 27.2 Å². The maximum atomic E-state index is 12.3. The average Bonchev–Trinajstić information content (AvgIpc) is 2.66. The molecule has 0 amide bonds. The Morgan fingerprint density at radius 3 is 2.68 bits per heavy atom. The second-order valence-corrected chi connectivity index (χ2v) is 8.59. The van der Waals surface area contributed by atoms with Crippen molar-refractivity contribution in [2.45, 2.75) is 65.0 Å². The molecular formula is C21H32N6O. The van der Waals surface area contributed by atoms with Crippen LogP contribution in [0.3, 0.4) is 0 Å². The van der Waals surface area contributed by atoms with Crippen molar-refractivity contribution in [2.24, 2.45) is 0 Å². The van der Waals surface area contributed by atoms with Crippen molar-refractivity contribution in [3.8, 4) is 0 Å². The van der Waals surface area contributed by atoms with E-state index in [-0.39, 0.29) is 11.0 Å². The van der Waals surface area contributed by atoms with Crippen molar-refractivity contribution in [2.75, 3.05) is 25.0 Å². The Bertz CT molecular complexity index is 841. The lowest BCUT2D eigenvalue weighted by Gasteiger charge is -2.36. The number of aromatic nitrogens is 4. The minimum atomic E-state index is -0.0678. The third kappa shape index (κ3) is 5.16. The highest BCUT2D eigenvalue weighted by molar-refractivity contribution is 5.38. The van der Waals surface area contributed by atoms with Crippen LogP contribution in [0.4, 0.5) is 5.82 Å². The molecule has 1 saturated heterocycles. The van der Waals surface area contributed by atoms with Crippen LogP contribution in [0.5, 0.6) is 0 Å². The van der Waals surface area contributed by atoms with E-state index in [0.29, 0.717) is 12.6 Å². The molecule has 3 rings (SSSR count). The Kier molecular flexibility index (Phi) is 6.44. The van der Waals surface area contributed by atoms with Gasteiger partial charge in [0.15, 0.2) is 0 Å². The molecule has 152 valence electrons. The van der Waals surface area contributed by atoms with E-state index < -0.39 is 0 Å². The highest BCUT2D eigenvalue weighted by atomic mass is 16.1. The van der Waals surface area contributed by atoms with E-state index in [2.05, 4.69) is 46.1 Å². The zero-order valence-corrected chi connectivity index (χ0v) is 17.5. The molecule has 1 N–H and O–H groups in total. The largest absolute Gasteiger partial charge is 0.367 e. The maximum absolute atomic E-state index is 12.3. The van der Waals surface area contributed by atoms with Crippen LogP contribution in [0.15, 0.2) is 29.3 Å². The molecular weight excluding hydrogens is 352 g/mol. The molecule has 7 heteroatoms. The third-order valence-corrected chi connectivity index (χ3v) is 5.37. The zero-order chi connectivity index (χ0) is 20.1. The summed E-state index contributed by atoms with van der Waals surface area (Å²) in [5.74, 6) is 0.851. The lowest BCUT2D eigenvalue weighted by atomic mass is 9.92. The molecule has 3 heterocycles. The molecule has 2 aromatic rings. The summed E-state index contributed by atoms with van der Waals surface area (Å²) in [5.41, 5.74) is 1.76. The molecule has 0 spiro atoms. The molecule has 0 radical (unpaired) electrons. The Hall–Kier alpha value is -2.28. The van der Waals surface area contributed by atoms with Gasteiger partial charge in [0.2, 0.25) is 0 Å². The van der Waals surface area contributed by atoms with Crippen LogP contribution in [0.1, 0.15) is 51.4 Å². The van der Waals surface area contributed by atoms with Gasteiger partial charge in [-0.15, -0.1) is 0 Å². The van der Waals surface area contributed by atoms with Gasteiger partial charge in [0.05, 0.1) is 17.9 Å². The lowest BCUT2D eigenvalue weighted by Crippen LogP contribution is -2.46. The van der Waals surface area contributed by atoms with Crippen molar-refractivity contribution in [1.29, 1.82) is 0 Å². The van der Waals surface area contributed by atoms with E-state index in [9.17, 15) is 4.79 Å². The number of anilines is 1. The van der Waals surface area contributed by atoms with E-state index in [1.54, 1.807) is 23.1 Å². The van der Waals surface area contributed by atoms with Crippen LogP contribution in [-0.4, -0.2) is 50.3 Å². The number of nitrogens with zero attached hydrogens (tertiary/aromatic N) is 5. The number of likely N-dealkylation sites (tertiary alicyclic amines) is 1. The van der Waals surface area contributed by atoms with Gasteiger partial charge in [-0.3, -0.25) is 14.7 Å². The number of hydrogen-bond donors (Lipinski definition) is 1. The fourth-order valence-corrected chi connectivity index (χ4v) is 3.61. The Morgan fingerprint density at radius 2 is 1.93 bits per heavy atom. The van der Waals surface area contributed by atoms with E-state index >= 15 is 0 Å². The molecule has 0 bridgehead atoms. The van der Waals surface area contributed by atoms with Crippen LogP contribution in [-0.2, 0) is 12.0 Å². The first-order valence-corrected chi connectivity index (χ1v) is 10.2. The SMILES string of the molecule is Cc1nccnc1NCC1CCCCN1CCn1nc(C(C)(C)C)ccc1=O. The summed E-state index contributed by atoms with van der Waals surface area (Å²) in [6.07, 6.45) is 7.01. The summed E-state index contributed by atoms with van der Waals surface area (Å²) in [4.78, 5) is 23.4. The van der Waals surface area contributed by atoms with Gasteiger partial charge in [0.1, 0.15) is 5.82 Å². The number of aryl methyl sites for hydroxylation is 1. The van der Waals surface area contributed by atoms with Crippen molar-refractivity contribution in [3.63, 3.8) is 0 Å². The third-order valence-electron chi connectivity index (χ3n) is 5.37. The number of piperidine rings is 1. The van der Waals surface area contributed by atoms with Crippen LogP contribution >= 0.6 is 0 Å². The first-order valence-electron chi connectivity index (χ1n) is 10.2. The molecule has 1 unspecified atom stereocenters. The summed E-state index contributed by atoms with van der Waals surface area (Å²) in [7, 11) is 0. The van der Waals surface area contributed by atoms with Crippen molar-refractivity contribution in [3.05, 3.63) is 46.3 Å². The summed E-state index contributed by atoms with van der Waals surface area (Å²) in [6, 6.07) is 3.91. The minimum absolute atomic E-state index is 0.0325. The van der Waals surface area contributed by atoms with Crippen molar-refractivity contribution >= 4 is 5.82 Å². The second kappa shape index (κ2) is 8.82. The average molecular weight is 385 g/mol. The molecule has 7 nitrogen and oxygen atoms in total. The predicted octanol–water partition coefficient (Wildman–Crippen LogP) is 2.61. The summed E-state index contributed by atoms with van der Waals surface area (Å²) in [5, 5.41) is 8.05. The molecule has 2 aromatic heterocycles. The summed E-state index contributed by atoms with van der Waals surface area (Å²) >= 11 is 0. The highest BCUT2D eigenvalue weighted by Gasteiger charge is 2.23. The fourth-order valence-electron chi connectivity index (χ4n) is 3.61. The number of hydrogen-bond acceptors (Lipinski definition) is 6. The van der Waals surface area contributed by atoms with Crippen LogP contribution in [0, 0.1) is 6.92 Å². The molecule has 0 aliphatic carbocycles. The zero-order valence-electron chi connectivity index (χ0n) is 17.5. The second-order valence-electron chi connectivity index (χ2n) is 8.59.